The molecule has 180 valence electrons. The van der Waals surface area contributed by atoms with E-state index >= 15 is 0 Å². The molecule has 32 heavy (non-hydrogen) atoms. The van der Waals surface area contributed by atoms with E-state index in [2.05, 4.69) is 83.5 Å². The molecule has 0 aliphatic rings. The van der Waals surface area contributed by atoms with Crippen LogP contribution in [0, 0.1) is 0 Å². The molecule has 1 N–H and O–H groups in total. The van der Waals surface area contributed by atoms with Crippen LogP contribution in [0.25, 0.3) is 0 Å². The Balaban J connectivity index is 2.05. The first-order valence-electron chi connectivity index (χ1n) is 11.2. The van der Waals surface area contributed by atoms with Crippen LogP contribution >= 0.6 is 12.0 Å². The first-order chi connectivity index (χ1) is 14.8. The molecule has 1 unspecified atom stereocenters. The van der Waals surface area contributed by atoms with E-state index in [0.29, 0.717) is 6.61 Å². The van der Waals surface area contributed by atoms with Gasteiger partial charge in [-0.15, -0.1) is 0 Å². The summed E-state index contributed by atoms with van der Waals surface area (Å²) in [5.41, 5.74) is 5.52. The standard InChI is InChI=1S/C24H41N3O3SSi/c1-23(2,3)31-30-26-22(16-19-10-12-21(28-7)13-11-19)20-17-25-27(18-20)14-15-29-32(8,9)24(4,5)6/h10-13,17-18,22,26H,14-16H2,1-9H3. The second kappa shape index (κ2) is 11.2. The molecule has 2 rings (SSSR count). The molecule has 2 aromatic rings. The molecule has 1 heterocycles. The van der Waals surface area contributed by atoms with Gasteiger partial charge in [0, 0.05) is 28.6 Å². The molecule has 0 bridgehead atoms. The Kier molecular flexibility index (Phi) is 9.43. The van der Waals surface area contributed by atoms with E-state index in [0.717, 1.165) is 24.3 Å². The van der Waals surface area contributed by atoms with Crippen LogP contribution in [0.15, 0.2) is 36.7 Å². The Labute approximate surface area is 199 Å². The second-order valence-electron chi connectivity index (χ2n) is 10.6. The summed E-state index contributed by atoms with van der Waals surface area (Å²) in [6.07, 6.45) is 4.78. The highest BCUT2D eigenvalue weighted by Crippen LogP contribution is 2.36. The lowest BCUT2D eigenvalue weighted by Gasteiger charge is -2.36. The fourth-order valence-electron chi connectivity index (χ4n) is 2.72. The molecule has 8 heteroatoms. The summed E-state index contributed by atoms with van der Waals surface area (Å²) in [7, 11) is -0.0740. The van der Waals surface area contributed by atoms with Crippen molar-refractivity contribution in [3.8, 4) is 5.75 Å². The molecule has 0 amide bonds. The van der Waals surface area contributed by atoms with Gasteiger partial charge in [0.15, 0.2) is 8.32 Å². The zero-order valence-electron chi connectivity index (χ0n) is 21.2. The van der Waals surface area contributed by atoms with Crippen molar-refractivity contribution in [1.82, 2.24) is 15.3 Å². The van der Waals surface area contributed by atoms with Gasteiger partial charge in [-0.1, -0.05) is 32.9 Å². The highest BCUT2D eigenvalue weighted by molar-refractivity contribution is 7.95. The predicted molar refractivity (Wildman–Crippen MR) is 136 cm³/mol. The maximum Gasteiger partial charge on any atom is 0.192 e. The highest BCUT2D eigenvalue weighted by atomic mass is 32.2. The van der Waals surface area contributed by atoms with E-state index in [-0.39, 0.29) is 15.8 Å². The van der Waals surface area contributed by atoms with Crippen molar-refractivity contribution in [1.29, 1.82) is 0 Å². The van der Waals surface area contributed by atoms with Gasteiger partial charge >= 0.3 is 0 Å². The topological polar surface area (TPSA) is 57.5 Å². The molecule has 0 saturated heterocycles. The minimum Gasteiger partial charge on any atom is -0.497 e. The van der Waals surface area contributed by atoms with E-state index in [4.69, 9.17) is 13.4 Å². The third-order valence-electron chi connectivity index (χ3n) is 5.73. The van der Waals surface area contributed by atoms with Gasteiger partial charge in [0.05, 0.1) is 32.5 Å². The summed E-state index contributed by atoms with van der Waals surface area (Å²) in [6, 6.07) is 8.12. The van der Waals surface area contributed by atoms with Gasteiger partial charge in [0.2, 0.25) is 0 Å². The van der Waals surface area contributed by atoms with Gasteiger partial charge in [-0.25, -0.2) is 4.28 Å². The third kappa shape index (κ3) is 8.55. The van der Waals surface area contributed by atoms with Crippen molar-refractivity contribution < 1.29 is 13.4 Å². The number of hydroxylamine groups is 1. The van der Waals surface area contributed by atoms with Crippen molar-refractivity contribution in [2.24, 2.45) is 0 Å². The van der Waals surface area contributed by atoms with Crippen LogP contribution in [0.5, 0.6) is 5.75 Å². The smallest absolute Gasteiger partial charge is 0.192 e. The zero-order valence-corrected chi connectivity index (χ0v) is 23.0. The molecule has 6 nitrogen and oxygen atoms in total. The van der Waals surface area contributed by atoms with Gasteiger partial charge in [-0.2, -0.15) is 10.6 Å². The monoisotopic (exact) mass is 479 g/mol. The largest absolute Gasteiger partial charge is 0.497 e. The Morgan fingerprint density at radius 3 is 2.31 bits per heavy atom. The van der Waals surface area contributed by atoms with Crippen molar-refractivity contribution in [2.45, 2.75) is 83.4 Å². The minimum atomic E-state index is -1.75. The SMILES string of the molecule is COc1ccc(CC(NOSC(C)(C)C)c2cnn(CCO[Si](C)(C)C(C)(C)C)c2)cc1. The molecule has 0 saturated carbocycles. The molecular formula is C24H41N3O3SSi. The number of hydrogen-bond donors (Lipinski definition) is 1. The molecule has 0 aliphatic carbocycles. The minimum absolute atomic E-state index is 0.00291. The maximum absolute atomic E-state index is 6.31. The fourth-order valence-corrected chi connectivity index (χ4v) is 4.17. The van der Waals surface area contributed by atoms with E-state index in [1.165, 1.54) is 17.6 Å². The van der Waals surface area contributed by atoms with Crippen LogP contribution < -0.4 is 10.2 Å². The number of aromatic nitrogens is 2. The fraction of sp³-hybridized carbons (Fsp3) is 0.625. The first kappa shape index (κ1) is 26.9. The average Bonchev–Trinajstić information content (AvgIpc) is 3.14. The Morgan fingerprint density at radius 1 is 1.09 bits per heavy atom. The van der Waals surface area contributed by atoms with Crippen LogP contribution in [0.4, 0.5) is 0 Å². The quantitative estimate of drug-likeness (QED) is 0.236. The van der Waals surface area contributed by atoms with Crippen molar-refractivity contribution >= 4 is 20.4 Å². The number of benzene rings is 1. The summed E-state index contributed by atoms with van der Waals surface area (Å²) in [6.45, 7) is 19.1. The number of methoxy groups -OCH3 is 1. The van der Waals surface area contributed by atoms with E-state index < -0.39 is 8.32 Å². The third-order valence-corrected chi connectivity index (χ3v) is 10.9. The zero-order chi connectivity index (χ0) is 24.0. The van der Waals surface area contributed by atoms with Crippen molar-refractivity contribution in [3.05, 3.63) is 47.8 Å². The number of nitrogens with one attached hydrogen (secondary N) is 1. The van der Waals surface area contributed by atoms with Crippen molar-refractivity contribution in [3.63, 3.8) is 0 Å². The van der Waals surface area contributed by atoms with Gasteiger partial charge in [-0.05, 0) is 63.0 Å². The Hall–Kier alpha value is -1.32. The summed E-state index contributed by atoms with van der Waals surface area (Å²) in [4.78, 5) is 0. The van der Waals surface area contributed by atoms with Crippen molar-refractivity contribution in [2.75, 3.05) is 13.7 Å². The van der Waals surface area contributed by atoms with Gasteiger partial charge in [0.1, 0.15) is 5.75 Å². The number of ether oxygens (including phenoxy) is 1. The molecule has 0 fully saturated rings. The normalized spacial score (nSPS) is 13.9. The lowest BCUT2D eigenvalue weighted by atomic mass is 10.0. The summed E-state index contributed by atoms with van der Waals surface area (Å²) >= 11 is 1.43. The van der Waals surface area contributed by atoms with Crippen LogP contribution in [0.1, 0.15) is 58.7 Å². The van der Waals surface area contributed by atoms with Gasteiger partial charge in [0.25, 0.3) is 0 Å². The van der Waals surface area contributed by atoms with E-state index in [1.54, 1.807) is 7.11 Å². The summed E-state index contributed by atoms with van der Waals surface area (Å²) in [5.74, 6) is 0.854. The van der Waals surface area contributed by atoms with Gasteiger partial charge in [-0.3, -0.25) is 4.68 Å². The summed E-state index contributed by atoms with van der Waals surface area (Å²) in [5, 5.41) is 4.78. The van der Waals surface area contributed by atoms with Crippen LogP contribution in [0.2, 0.25) is 18.1 Å². The first-order valence-corrected chi connectivity index (χ1v) is 14.9. The highest BCUT2D eigenvalue weighted by Gasteiger charge is 2.36. The lowest BCUT2D eigenvalue weighted by molar-refractivity contribution is 0.186. The predicted octanol–water partition coefficient (Wildman–Crippen LogP) is 6.17. The van der Waals surface area contributed by atoms with Crippen LogP contribution in [0.3, 0.4) is 0 Å². The molecule has 0 spiro atoms. The molecule has 0 radical (unpaired) electrons. The Morgan fingerprint density at radius 2 is 1.75 bits per heavy atom. The average molecular weight is 480 g/mol. The van der Waals surface area contributed by atoms with E-state index in [9.17, 15) is 0 Å². The second-order valence-corrected chi connectivity index (χ2v) is 17.0. The van der Waals surface area contributed by atoms with Crippen LogP contribution in [-0.2, 0) is 21.7 Å². The van der Waals surface area contributed by atoms with Gasteiger partial charge < -0.3 is 9.16 Å². The Bertz CT molecular complexity index is 826. The summed E-state index contributed by atoms with van der Waals surface area (Å²) < 4.78 is 19.3. The number of hydrogen-bond acceptors (Lipinski definition) is 6. The molecule has 0 aliphatic heterocycles. The lowest BCUT2D eigenvalue weighted by Crippen LogP contribution is -2.41. The van der Waals surface area contributed by atoms with Crippen LogP contribution in [-0.4, -0.2) is 36.6 Å². The molecule has 1 aromatic heterocycles. The molecule has 1 atom stereocenters. The van der Waals surface area contributed by atoms with E-state index in [1.807, 2.05) is 23.0 Å². The number of nitrogens with zero attached hydrogens (tertiary/aromatic N) is 2. The molecule has 1 aromatic carbocycles. The molecular weight excluding hydrogens is 438 g/mol. The number of rotatable bonds is 11. The maximum atomic E-state index is 6.31.